The van der Waals surface area contributed by atoms with Gasteiger partial charge in [0.25, 0.3) is 0 Å². The molecule has 142 valence electrons. The lowest BCUT2D eigenvalue weighted by Gasteiger charge is -2.49. The first-order valence-electron chi connectivity index (χ1n) is 9.82. The van der Waals surface area contributed by atoms with Crippen LogP contribution in [0.5, 0.6) is 0 Å². The number of rotatable bonds is 4. The molecule has 0 radical (unpaired) electrons. The number of nitrogens with zero attached hydrogens (tertiary/aromatic N) is 3. The lowest BCUT2D eigenvalue weighted by molar-refractivity contribution is -0.0603. The normalized spacial score (nSPS) is 26.3. The molecule has 2 aliphatic heterocycles. The Morgan fingerprint density at radius 1 is 1.11 bits per heavy atom. The van der Waals surface area contributed by atoms with E-state index >= 15 is 0 Å². The summed E-state index contributed by atoms with van der Waals surface area (Å²) in [4.78, 5) is 20.7. The van der Waals surface area contributed by atoms with Gasteiger partial charge < -0.3 is 10.0 Å². The number of anilines is 1. The summed E-state index contributed by atoms with van der Waals surface area (Å²) in [5.74, 6) is 0.903. The number of pyridine rings is 1. The van der Waals surface area contributed by atoms with Crippen LogP contribution in [0.2, 0.25) is 0 Å². The third-order valence-corrected chi connectivity index (χ3v) is 6.04. The molecular weight excluding hydrogens is 338 g/mol. The number of carbonyl (C=O) groups is 1. The van der Waals surface area contributed by atoms with Crippen LogP contribution in [0.3, 0.4) is 0 Å². The molecule has 2 aromatic rings. The molecule has 4 rings (SSSR count). The van der Waals surface area contributed by atoms with E-state index in [0.717, 1.165) is 37.6 Å². The average molecular weight is 365 g/mol. The van der Waals surface area contributed by atoms with E-state index in [1.807, 2.05) is 42.5 Å². The van der Waals surface area contributed by atoms with Crippen molar-refractivity contribution in [1.29, 1.82) is 0 Å². The Balaban J connectivity index is 1.62. The second-order valence-corrected chi connectivity index (χ2v) is 7.71. The number of ketones is 1. The first-order chi connectivity index (χ1) is 13.1. The highest BCUT2D eigenvalue weighted by Crippen LogP contribution is 2.38. The number of aromatic nitrogens is 1. The van der Waals surface area contributed by atoms with Crippen molar-refractivity contribution in [2.45, 2.75) is 37.8 Å². The predicted octanol–water partition coefficient (Wildman–Crippen LogP) is 2.85. The Morgan fingerprint density at radius 2 is 1.85 bits per heavy atom. The fourth-order valence-electron chi connectivity index (χ4n) is 4.45. The molecular formula is C22H27N3O2. The van der Waals surface area contributed by atoms with Gasteiger partial charge in [-0.25, -0.2) is 4.98 Å². The molecule has 3 heterocycles. The van der Waals surface area contributed by atoms with E-state index in [1.165, 1.54) is 12.8 Å². The van der Waals surface area contributed by atoms with Crippen LogP contribution in [0, 0.1) is 0 Å². The zero-order valence-electron chi connectivity index (χ0n) is 15.8. The van der Waals surface area contributed by atoms with Crippen molar-refractivity contribution in [3.05, 3.63) is 59.8 Å². The van der Waals surface area contributed by atoms with Gasteiger partial charge in [0.15, 0.2) is 5.78 Å². The SMILES string of the molecule is CC(=O)c1ccc(N2CC[C@](O)(c3ccccc3)[C@H](N3CCCC3)C2)nc1. The molecule has 5 nitrogen and oxygen atoms in total. The summed E-state index contributed by atoms with van der Waals surface area (Å²) < 4.78 is 0. The van der Waals surface area contributed by atoms with E-state index in [9.17, 15) is 9.90 Å². The lowest BCUT2D eigenvalue weighted by Crippen LogP contribution is -2.60. The highest BCUT2D eigenvalue weighted by Gasteiger charge is 2.46. The molecule has 0 saturated carbocycles. The molecule has 2 atom stereocenters. The Hall–Kier alpha value is -2.24. The van der Waals surface area contributed by atoms with Crippen LogP contribution in [-0.2, 0) is 5.60 Å². The molecule has 2 saturated heterocycles. The van der Waals surface area contributed by atoms with Gasteiger partial charge in [-0.3, -0.25) is 9.69 Å². The van der Waals surface area contributed by atoms with Crippen molar-refractivity contribution in [2.75, 3.05) is 31.1 Å². The van der Waals surface area contributed by atoms with E-state index in [1.54, 1.807) is 13.1 Å². The Kier molecular flexibility index (Phi) is 4.98. The van der Waals surface area contributed by atoms with Gasteiger partial charge in [-0.05, 0) is 57.0 Å². The molecule has 27 heavy (non-hydrogen) atoms. The minimum Gasteiger partial charge on any atom is -0.383 e. The average Bonchev–Trinajstić information content (AvgIpc) is 3.23. The van der Waals surface area contributed by atoms with Crippen molar-refractivity contribution in [1.82, 2.24) is 9.88 Å². The van der Waals surface area contributed by atoms with Gasteiger partial charge in [-0.15, -0.1) is 0 Å². The third-order valence-electron chi connectivity index (χ3n) is 6.04. The van der Waals surface area contributed by atoms with E-state index in [2.05, 4.69) is 14.8 Å². The summed E-state index contributed by atoms with van der Waals surface area (Å²) >= 11 is 0. The van der Waals surface area contributed by atoms with Crippen LogP contribution < -0.4 is 4.90 Å². The second-order valence-electron chi connectivity index (χ2n) is 7.71. The van der Waals surface area contributed by atoms with Gasteiger partial charge in [0.1, 0.15) is 11.4 Å². The van der Waals surface area contributed by atoms with Crippen LogP contribution in [-0.4, -0.2) is 53.0 Å². The van der Waals surface area contributed by atoms with Gasteiger partial charge in [0, 0.05) is 24.8 Å². The summed E-state index contributed by atoms with van der Waals surface area (Å²) in [5.41, 5.74) is 0.788. The van der Waals surface area contributed by atoms with Crippen molar-refractivity contribution < 1.29 is 9.90 Å². The minimum absolute atomic E-state index is 0.0288. The Morgan fingerprint density at radius 3 is 2.48 bits per heavy atom. The smallest absolute Gasteiger partial charge is 0.161 e. The highest BCUT2D eigenvalue weighted by atomic mass is 16.3. The molecule has 0 bridgehead atoms. The number of carbonyl (C=O) groups excluding carboxylic acids is 1. The van der Waals surface area contributed by atoms with Gasteiger partial charge in [0.2, 0.25) is 0 Å². The highest BCUT2D eigenvalue weighted by molar-refractivity contribution is 5.93. The summed E-state index contributed by atoms with van der Waals surface area (Å²) in [6, 6.07) is 13.9. The van der Waals surface area contributed by atoms with Gasteiger partial charge in [0.05, 0.1) is 6.04 Å². The number of aliphatic hydroxyl groups is 1. The monoisotopic (exact) mass is 365 g/mol. The molecule has 1 aromatic carbocycles. The number of benzene rings is 1. The van der Waals surface area contributed by atoms with E-state index in [-0.39, 0.29) is 11.8 Å². The number of hydrogen-bond donors (Lipinski definition) is 1. The lowest BCUT2D eigenvalue weighted by atomic mass is 9.79. The number of likely N-dealkylation sites (tertiary alicyclic amines) is 1. The number of piperidine rings is 1. The third kappa shape index (κ3) is 3.49. The summed E-state index contributed by atoms with van der Waals surface area (Å²) in [5, 5.41) is 11.7. The molecule has 0 aliphatic carbocycles. The standard InChI is InChI=1S/C22H27N3O2/c1-17(26)18-9-10-21(23-15-18)25-14-11-22(27,19-7-3-2-4-8-19)20(16-25)24-12-5-6-13-24/h2-4,7-10,15,20,27H,5-6,11-14,16H2,1H3/t20-,22+/m1/s1. The van der Waals surface area contributed by atoms with Crippen molar-refractivity contribution in [2.24, 2.45) is 0 Å². The van der Waals surface area contributed by atoms with Crippen molar-refractivity contribution in [3.63, 3.8) is 0 Å². The minimum atomic E-state index is -0.846. The van der Waals surface area contributed by atoms with E-state index < -0.39 is 5.60 Å². The maximum absolute atomic E-state index is 11.7. The Bertz CT molecular complexity index is 787. The molecule has 1 N–H and O–H groups in total. The number of Topliss-reactive ketones (excluding diaryl/α,β-unsaturated/α-hetero) is 1. The topological polar surface area (TPSA) is 56.7 Å². The Labute approximate surface area is 160 Å². The fourth-order valence-corrected chi connectivity index (χ4v) is 4.45. The van der Waals surface area contributed by atoms with E-state index in [4.69, 9.17) is 0 Å². The van der Waals surface area contributed by atoms with Crippen LogP contribution in [0.1, 0.15) is 42.1 Å². The van der Waals surface area contributed by atoms with E-state index in [0.29, 0.717) is 12.0 Å². The van der Waals surface area contributed by atoms with Gasteiger partial charge in [-0.1, -0.05) is 30.3 Å². The molecule has 5 heteroatoms. The maximum Gasteiger partial charge on any atom is 0.161 e. The number of hydrogen-bond acceptors (Lipinski definition) is 5. The molecule has 0 amide bonds. The molecule has 1 aromatic heterocycles. The zero-order chi connectivity index (χ0) is 18.9. The van der Waals surface area contributed by atoms with Gasteiger partial charge >= 0.3 is 0 Å². The summed E-state index contributed by atoms with van der Waals surface area (Å²) in [6.45, 7) is 5.09. The quantitative estimate of drug-likeness (QED) is 0.845. The van der Waals surface area contributed by atoms with Crippen LogP contribution >= 0.6 is 0 Å². The summed E-state index contributed by atoms with van der Waals surface area (Å²) in [6.07, 6.45) is 4.69. The molecule has 0 unspecified atom stereocenters. The first-order valence-corrected chi connectivity index (χ1v) is 9.82. The summed E-state index contributed by atoms with van der Waals surface area (Å²) in [7, 11) is 0. The maximum atomic E-state index is 11.7. The predicted molar refractivity (Wildman–Crippen MR) is 106 cm³/mol. The van der Waals surface area contributed by atoms with Crippen LogP contribution in [0.15, 0.2) is 48.7 Å². The van der Waals surface area contributed by atoms with Crippen molar-refractivity contribution in [3.8, 4) is 0 Å². The van der Waals surface area contributed by atoms with Gasteiger partial charge in [-0.2, -0.15) is 0 Å². The molecule has 2 fully saturated rings. The molecule has 2 aliphatic rings. The molecule has 0 spiro atoms. The largest absolute Gasteiger partial charge is 0.383 e. The first kappa shape index (κ1) is 18.1. The zero-order valence-corrected chi connectivity index (χ0v) is 15.8. The fraction of sp³-hybridized carbons (Fsp3) is 0.455. The van der Waals surface area contributed by atoms with Crippen LogP contribution in [0.4, 0.5) is 5.82 Å². The second kappa shape index (κ2) is 7.41. The van der Waals surface area contributed by atoms with Crippen LogP contribution in [0.25, 0.3) is 0 Å². The van der Waals surface area contributed by atoms with Crippen molar-refractivity contribution >= 4 is 11.6 Å².